The molecule has 10 heteroatoms. The van der Waals surface area contributed by atoms with Crippen molar-refractivity contribution in [2.75, 3.05) is 4.72 Å². The summed E-state index contributed by atoms with van der Waals surface area (Å²) in [5.41, 5.74) is 0.380. The van der Waals surface area contributed by atoms with Gasteiger partial charge in [0.05, 0.1) is 24.5 Å². The van der Waals surface area contributed by atoms with Crippen molar-refractivity contribution in [1.82, 2.24) is 0 Å². The summed E-state index contributed by atoms with van der Waals surface area (Å²) in [7, 11) is -4.02. The van der Waals surface area contributed by atoms with Crippen LogP contribution in [0.3, 0.4) is 0 Å². The Hall–Kier alpha value is -1.65. The van der Waals surface area contributed by atoms with Crippen molar-refractivity contribution >= 4 is 53.3 Å². The number of nitro benzene ring substituents is 1. The Labute approximate surface area is 148 Å². The molecule has 0 unspecified atom stereocenters. The Morgan fingerprint density at radius 1 is 1.26 bits per heavy atom. The van der Waals surface area contributed by atoms with Crippen LogP contribution in [-0.4, -0.2) is 18.4 Å². The molecule has 23 heavy (non-hydrogen) atoms. The number of non-ortho nitro benzene ring substituents is 1. The second-order valence-corrected chi connectivity index (χ2v) is 7.88. The number of nitrogens with one attached hydrogen (secondary N) is 1. The third kappa shape index (κ3) is 3.65. The van der Waals surface area contributed by atoms with E-state index < -0.39 is 14.9 Å². The number of phenols is 1. The third-order valence-electron chi connectivity index (χ3n) is 3.02. The van der Waals surface area contributed by atoms with Crippen LogP contribution in [0, 0.1) is 17.0 Å². The van der Waals surface area contributed by atoms with Gasteiger partial charge < -0.3 is 5.11 Å². The highest BCUT2D eigenvalue weighted by molar-refractivity contribution is 9.11. The van der Waals surface area contributed by atoms with Crippen molar-refractivity contribution in [2.45, 2.75) is 11.8 Å². The molecule has 2 rings (SSSR count). The van der Waals surface area contributed by atoms with Gasteiger partial charge in [-0.3, -0.25) is 14.8 Å². The lowest BCUT2D eigenvalue weighted by atomic mass is 10.2. The van der Waals surface area contributed by atoms with E-state index in [2.05, 4.69) is 36.6 Å². The molecule has 0 bridgehead atoms. The number of rotatable bonds is 4. The van der Waals surface area contributed by atoms with E-state index in [9.17, 15) is 23.6 Å². The quantitative estimate of drug-likeness (QED) is 0.403. The highest BCUT2D eigenvalue weighted by Gasteiger charge is 2.20. The highest BCUT2D eigenvalue weighted by Crippen LogP contribution is 2.39. The van der Waals surface area contributed by atoms with Crippen LogP contribution in [0.4, 0.5) is 11.4 Å². The van der Waals surface area contributed by atoms with E-state index in [0.29, 0.717) is 14.5 Å². The van der Waals surface area contributed by atoms with Crippen LogP contribution >= 0.6 is 31.9 Å². The van der Waals surface area contributed by atoms with Crippen molar-refractivity contribution in [1.29, 1.82) is 0 Å². The zero-order chi connectivity index (χ0) is 17.4. The molecule has 2 aromatic carbocycles. The maximum atomic E-state index is 12.4. The Morgan fingerprint density at radius 3 is 2.52 bits per heavy atom. The maximum Gasteiger partial charge on any atom is 0.270 e. The zero-order valence-corrected chi connectivity index (χ0v) is 15.6. The Kier molecular flexibility index (Phi) is 4.97. The molecule has 2 aromatic rings. The van der Waals surface area contributed by atoms with Crippen LogP contribution in [0.2, 0.25) is 0 Å². The molecular weight excluding hydrogens is 456 g/mol. The lowest BCUT2D eigenvalue weighted by Gasteiger charge is -2.13. The molecule has 0 spiro atoms. The Balaban J connectivity index is 2.47. The molecule has 0 radical (unpaired) electrons. The van der Waals surface area contributed by atoms with Crippen LogP contribution in [0.25, 0.3) is 0 Å². The number of aromatic hydroxyl groups is 1. The van der Waals surface area contributed by atoms with Crippen molar-refractivity contribution in [3.05, 3.63) is 55.0 Å². The van der Waals surface area contributed by atoms with E-state index in [1.54, 1.807) is 6.92 Å². The lowest BCUT2D eigenvalue weighted by Crippen LogP contribution is -2.14. The molecule has 122 valence electrons. The van der Waals surface area contributed by atoms with Gasteiger partial charge in [-0.1, -0.05) is 6.07 Å². The zero-order valence-electron chi connectivity index (χ0n) is 11.6. The second kappa shape index (κ2) is 6.46. The fraction of sp³-hybridized carbons (Fsp3) is 0.0769. The minimum absolute atomic E-state index is 0.0548. The van der Waals surface area contributed by atoms with Gasteiger partial charge in [-0.25, -0.2) is 8.42 Å². The van der Waals surface area contributed by atoms with E-state index in [1.165, 1.54) is 24.3 Å². The van der Waals surface area contributed by atoms with Gasteiger partial charge in [0.25, 0.3) is 15.7 Å². The molecule has 0 heterocycles. The van der Waals surface area contributed by atoms with Crippen LogP contribution in [0.5, 0.6) is 5.75 Å². The summed E-state index contributed by atoms with van der Waals surface area (Å²) in [6.07, 6.45) is 0. The predicted molar refractivity (Wildman–Crippen MR) is 92.1 cm³/mol. The highest BCUT2D eigenvalue weighted by atomic mass is 79.9. The van der Waals surface area contributed by atoms with Crippen molar-refractivity contribution in [3.8, 4) is 5.75 Å². The van der Waals surface area contributed by atoms with Crippen LogP contribution < -0.4 is 4.72 Å². The molecule has 0 saturated heterocycles. The fourth-order valence-electron chi connectivity index (χ4n) is 1.78. The first kappa shape index (κ1) is 17.7. The summed E-state index contributed by atoms with van der Waals surface area (Å²) in [6.45, 7) is 1.61. The number of benzene rings is 2. The summed E-state index contributed by atoms with van der Waals surface area (Å²) in [5.74, 6) is -0.0548. The Morgan fingerprint density at radius 2 is 1.91 bits per heavy atom. The average molecular weight is 466 g/mol. The summed E-state index contributed by atoms with van der Waals surface area (Å²) >= 11 is 6.29. The van der Waals surface area contributed by atoms with Gasteiger partial charge >= 0.3 is 0 Å². The van der Waals surface area contributed by atoms with E-state index in [4.69, 9.17) is 0 Å². The normalized spacial score (nSPS) is 11.3. The molecule has 0 aliphatic rings. The maximum absolute atomic E-state index is 12.4. The number of nitro groups is 1. The first-order valence-corrected chi connectivity index (χ1v) is 9.15. The minimum Gasteiger partial charge on any atom is -0.506 e. The summed E-state index contributed by atoms with van der Waals surface area (Å²) in [6, 6.07) is 6.14. The third-order valence-corrected chi connectivity index (χ3v) is 5.96. The molecular formula is C13H10Br2N2O5S. The molecule has 0 atom stereocenters. The van der Waals surface area contributed by atoms with Crippen molar-refractivity contribution in [2.24, 2.45) is 0 Å². The SMILES string of the molecule is Cc1c(NS(=O)(=O)c2cccc([N+](=O)[O-])c2)cc(Br)c(O)c1Br. The molecule has 0 aliphatic carbocycles. The molecule has 0 fully saturated rings. The number of phenolic OH excluding ortho intramolecular Hbond substituents is 1. The first-order chi connectivity index (χ1) is 10.6. The van der Waals surface area contributed by atoms with E-state index >= 15 is 0 Å². The number of hydrogen-bond donors (Lipinski definition) is 2. The van der Waals surface area contributed by atoms with Gasteiger partial charge in [0.15, 0.2) is 0 Å². The monoisotopic (exact) mass is 464 g/mol. The summed E-state index contributed by atoms with van der Waals surface area (Å²) in [4.78, 5) is 9.87. The second-order valence-electron chi connectivity index (χ2n) is 4.55. The number of sulfonamides is 1. The van der Waals surface area contributed by atoms with Gasteiger partial charge in [-0.15, -0.1) is 0 Å². The Bertz CT molecular complexity index is 899. The topological polar surface area (TPSA) is 110 Å². The smallest absolute Gasteiger partial charge is 0.270 e. The van der Waals surface area contributed by atoms with E-state index in [-0.39, 0.29) is 22.0 Å². The largest absolute Gasteiger partial charge is 0.506 e. The minimum atomic E-state index is -4.02. The molecule has 0 aliphatic heterocycles. The van der Waals surface area contributed by atoms with Gasteiger partial charge in [0.2, 0.25) is 0 Å². The molecule has 0 saturated carbocycles. The van der Waals surface area contributed by atoms with Gasteiger partial charge in [-0.2, -0.15) is 0 Å². The van der Waals surface area contributed by atoms with E-state index in [1.807, 2.05) is 0 Å². The fourth-order valence-corrected chi connectivity index (χ4v) is 4.05. The van der Waals surface area contributed by atoms with Gasteiger partial charge in [-0.05, 0) is 56.5 Å². The van der Waals surface area contributed by atoms with Crippen molar-refractivity contribution < 1.29 is 18.4 Å². The average Bonchev–Trinajstić information content (AvgIpc) is 2.50. The van der Waals surface area contributed by atoms with E-state index in [0.717, 1.165) is 6.07 Å². The molecule has 0 aromatic heterocycles. The number of halogens is 2. The molecule has 7 nitrogen and oxygen atoms in total. The lowest BCUT2D eigenvalue weighted by molar-refractivity contribution is -0.385. The first-order valence-electron chi connectivity index (χ1n) is 6.08. The molecule has 2 N–H and O–H groups in total. The van der Waals surface area contributed by atoms with Gasteiger partial charge in [0, 0.05) is 12.1 Å². The summed E-state index contributed by atoms with van der Waals surface area (Å²) in [5, 5.41) is 20.5. The van der Waals surface area contributed by atoms with Crippen molar-refractivity contribution in [3.63, 3.8) is 0 Å². The summed E-state index contributed by atoms with van der Waals surface area (Å²) < 4.78 is 27.8. The van der Waals surface area contributed by atoms with Crippen LogP contribution in [0.1, 0.15) is 5.56 Å². The number of anilines is 1. The van der Waals surface area contributed by atoms with Crippen LogP contribution in [-0.2, 0) is 10.0 Å². The molecule has 0 amide bonds. The van der Waals surface area contributed by atoms with Gasteiger partial charge in [0.1, 0.15) is 5.75 Å². The number of nitrogens with zero attached hydrogens (tertiary/aromatic N) is 1. The van der Waals surface area contributed by atoms with Crippen LogP contribution in [0.15, 0.2) is 44.2 Å². The standard InChI is InChI=1S/C13H10Br2N2O5S/c1-7-11(6-10(14)13(18)12(7)15)16-23(21,22)9-4-2-3-8(5-9)17(19)20/h2-6,16,18H,1H3. The number of hydrogen-bond acceptors (Lipinski definition) is 5. The predicted octanol–water partition coefficient (Wildman–Crippen LogP) is 3.93.